The highest BCUT2D eigenvalue weighted by Gasteiger charge is 2.21. The zero-order chi connectivity index (χ0) is 16.8. The molecule has 0 aliphatic rings. The molecule has 0 bridgehead atoms. The summed E-state index contributed by atoms with van der Waals surface area (Å²) < 4.78 is 2.38. The lowest BCUT2D eigenvalue weighted by atomic mass is 9.93. The van der Waals surface area contributed by atoms with Gasteiger partial charge in [0, 0.05) is 0 Å². The molecule has 0 aliphatic heterocycles. The Bertz CT molecular complexity index is 345. The van der Waals surface area contributed by atoms with E-state index >= 15 is 0 Å². The molecule has 0 aliphatic carbocycles. The van der Waals surface area contributed by atoms with E-state index in [1.807, 2.05) is 6.20 Å². The Labute approximate surface area is 145 Å². The maximum Gasteiger partial charge on any atom is 0.241 e. The fourth-order valence-corrected chi connectivity index (χ4v) is 3.52. The van der Waals surface area contributed by atoms with Gasteiger partial charge in [0.15, 0.2) is 0 Å². The van der Waals surface area contributed by atoms with Crippen LogP contribution in [0.5, 0.6) is 0 Å². The van der Waals surface area contributed by atoms with E-state index < -0.39 is 0 Å². The smallest absolute Gasteiger partial charge is 0.241 e. The van der Waals surface area contributed by atoms with Crippen molar-refractivity contribution < 1.29 is 4.57 Å². The average molecular weight is 322 g/mol. The molecule has 0 aromatic carbocycles. The topological polar surface area (TPSA) is 19.7 Å². The van der Waals surface area contributed by atoms with E-state index in [4.69, 9.17) is 0 Å². The van der Waals surface area contributed by atoms with Gasteiger partial charge < -0.3 is 0 Å². The van der Waals surface area contributed by atoms with Crippen LogP contribution in [0, 0.1) is 5.92 Å². The quantitative estimate of drug-likeness (QED) is 0.278. The van der Waals surface area contributed by atoms with Crippen molar-refractivity contribution in [3.05, 3.63) is 18.7 Å². The van der Waals surface area contributed by atoms with E-state index in [0.29, 0.717) is 6.04 Å². The highest BCUT2D eigenvalue weighted by molar-refractivity contribution is 4.64. The number of aromatic amines is 1. The number of hydrogen-bond donors (Lipinski definition) is 1. The zero-order valence-corrected chi connectivity index (χ0v) is 16.0. The van der Waals surface area contributed by atoms with Gasteiger partial charge in [-0.3, -0.25) is 4.98 Å². The van der Waals surface area contributed by atoms with Gasteiger partial charge in [-0.1, -0.05) is 85.0 Å². The molecule has 23 heavy (non-hydrogen) atoms. The second kappa shape index (κ2) is 13.6. The number of imidazole rings is 1. The normalized spacial score (nSPS) is 14.0. The molecule has 2 nitrogen and oxygen atoms in total. The Morgan fingerprint density at radius 2 is 1.39 bits per heavy atom. The summed E-state index contributed by atoms with van der Waals surface area (Å²) >= 11 is 0. The number of rotatable bonds is 15. The summed E-state index contributed by atoms with van der Waals surface area (Å²) in [7, 11) is 0. The van der Waals surface area contributed by atoms with Crippen molar-refractivity contribution in [2.24, 2.45) is 5.92 Å². The fourth-order valence-electron chi connectivity index (χ4n) is 3.52. The van der Waals surface area contributed by atoms with Crippen LogP contribution in [0.25, 0.3) is 0 Å². The minimum absolute atomic E-state index is 0.671. The first kappa shape index (κ1) is 20.3. The molecule has 1 N–H and O–H groups in total. The van der Waals surface area contributed by atoms with Gasteiger partial charge in [-0.15, -0.1) is 0 Å². The Balaban J connectivity index is 2.02. The van der Waals surface area contributed by atoms with Crippen LogP contribution >= 0.6 is 0 Å². The Hall–Kier alpha value is -0.790. The zero-order valence-electron chi connectivity index (χ0n) is 16.0. The SMILES string of the molecule is CCCCCCCCCCCCCC(C(C)CC)[n+]1cc[nH]c1. The largest absolute Gasteiger partial charge is 0.250 e. The van der Waals surface area contributed by atoms with Gasteiger partial charge in [-0.25, -0.2) is 4.57 Å². The number of hydrogen-bond acceptors (Lipinski definition) is 0. The van der Waals surface area contributed by atoms with Crippen molar-refractivity contribution in [2.75, 3.05) is 0 Å². The molecule has 0 radical (unpaired) electrons. The van der Waals surface area contributed by atoms with Crippen molar-refractivity contribution in [1.82, 2.24) is 4.98 Å². The van der Waals surface area contributed by atoms with Gasteiger partial charge in [-0.2, -0.15) is 0 Å². The van der Waals surface area contributed by atoms with E-state index in [0.717, 1.165) is 5.92 Å². The lowest BCUT2D eigenvalue weighted by molar-refractivity contribution is -0.729. The summed E-state index contributed by atoms with van der Waals surface area (Å²) in [6, 6.07) is 0.671. The molecule has 1 aromatic rings. The van der Waals surface area contributed by atoms with Crippen molar-refractivity contribution >= 4 is 0 Å². The Morgan fingerprint density at radius 3 is 1.87 bits per heavy atom. The standard InChI is InChI=1S/C21H40N2/c1-4-6-7-8-9-10-11-12-13-14-15-16-21(20(3)5-2)23-18-17-22-19-23/h17-21H,4-16H2,1-3H3/p+1. The van der Waals surface area contributed by atoms with E-state index in [1.54, 1.807) is 0 Å². The molecular weight excluding hydrogens is 280 g/mol. The number of nitrogens with zero attached hydrogens (tertiary/aromatic N) is 1. The molecule has 0 spiro atoms. The third-order valence-electron chi connectivity index (χ3n) is 5.35. The van der Waals surface area contributed by atoms with Gasteiger partial charge in [0.2, 0.25) is 6.33 Å². The molecule has 1 aromatic heterocycles. The molecule has 1 heterocycles. The second-order valence-corrected chi connectivity index (χ2v) is 7.34. The number of unbranched alkanes of at least 4 members (excludes halogenated alkanes) is 10. The van der Waals surface area contributed by atoms with Crippen LogP contribution in [0.4, 0.5) is 0 Å². The molecule has 2 unspecified atom stereocenters. The summed E-state index contributed by atoms with van der Waals surface area (Å²) in [5.41, 5.74) is 0. The van der Waals surface area contributed by atoms with Crippen LogP contribution < -0.4 is 4.57 Å². The summed E-state index contributed by atoms with van der Waals surface area (Å²) in [4.78, 5) is 3.20. The summed E-state index contributed by atoms with van der Waals surface area (Å²) in [6.07, 6.45) is 24.7. The van der Waals surface area contributed by atoms with Crippen LogP contribution in [0.1, 0.15) is 110 Å². The first-order valence-corrected chi connectivity index (χ1v) is 10.3. The molecular formula is C21H41N2+. The highest BCUT2D eigenvalue weighted by atomic mass is 15.1. The lowest BCUT2D eigenvalue weighted by Crippen LogP contribution is -2.40. The highest BCUT2D eigenvalue weighted by Crippen LogP contribution is 2.22. The van der Waals surface area contributed by atoms with Gasteiger partial charge >= 0.3 is 0 Å². The van der Waals surface area contributed by atoms with E-state index in [1.165, 1.54) is 83.5 Å². The van der Waals surface area contributed by atoms with Crippen LogP contribution in [0.3, 0.4) is 0 Å². The van der Waals surface area contributed by atoms with E-state index in [9.17, 15) is 0 Å². The van der Waals surface area contributed by atoms with E-state index in [-0.39, 0.29) is 0 Å². The minimum Gasteiger partial charge on any atom is -0.250 e. The Morgan fingerprint density at radius 1 is 0.826 bits per heavy atom. The average Bonchev–Trinajstić information content (AvgIpc) is 3.09. The number of nitrogens with one attached hydrogen (secondary N) is 1. The molecule has 0 saturated heterocycles. The summed E-state index contributed by atoms with van der Waals surface area (Å²) in [6.45, 7) is 7.00. The van der Waals surface area contributed by atoms with Crippen molar-refractivity contribution in [3.63, 3.8) is 0 Å². The van der Waals surface area contributed by atoms with Gasteiger partial charge in [0.25, 0.3) is 0 Å². The third-order valence-corrected chi connectivity index (χ3v) is 5.35. The van der Waals surface area contributed by atoms with Crippen LogP contribution in [-0.4, -0.2) is 4.98 Å². The number of H-pyrrole nitrogens is 1. The van der Waals surface area contributed by atoms with Crippen molar-refractivity contribution in [3.8, 4) is 0 Å². The van der Waals surface area contributed by atoms with Crippen LogP contribution in [0.15, 0.2) is 18.7 Å². The first-order chi connectivity index (χ1) is 11.3. The van der Waals surface area contributed by atoms with Crippen molar-refractivity contribution in [1.29, 1.82) is 0 Å². The van der Waals surface area contributed by atoms with Crippen LogP contribution in [0.2, 0.25) is 0 Å². The predicted octanol–water partition coefficient (Wildman–Crippen LogP) is 6.59. The van der Waals surface area contributed by atoms with Crippen LogP contribution in [-0.2, 0) is 0 Å². The second-order valence-electron chi connectivity index (χ2n) is 7.34. The number of aromatic nitrogens is 2. The monoisotopic (exact) mass is 321 g/mol. The molecule has 134 valence electrons. The third kappa shape index (κ3) is 9.17. The van der Waals surface area contributed by atoms with Crippen molar-refractivity contribution in [2.45, 2.75) is 110 Å². The summed E-state index contributed by atoms with van der Waals surface area (Å²) in [5.74, 6) is 0.763. The molecule has 2 heteroatoms. The molecule has 0 saturated carbocycles. The van der Waals surface area contributed by atoms with E-state index in [2.05, 4.69) is 42.8 Å². The lowest BCUT2D eigenvalue weighted by Gasteiger charge is -2.19. The fraction of sp³-hybridized carbons (Fsp3) is 0.857. The summed E-state index contributed by atoms with van der Waals surface area (Å²) in [5, 5.41) is 0. The maximum absolute atomic E-state index is 3.20. The molecule has 0 fully saturated rings. The predicted molar refractivity (Wildman–Crippen MR) is 101 cm³/mol. The van der Waals surface area contributed by atoms with Gasteiger partial charge in [0.1, 0.15) is 18.4 Å². The minimum atomic E-state index is 0.671. The Kier molecular flexibility index (Phi) is 12.0. The molecule has 1 rings (SSSR count). The molecule has 0 amide bonds. The molecule has 2 atom stereocenters. The maximum atomic E-state index is 3.20. The van der Waals surface area contributed by atoms with Gasteiger partial charge in [0.05, 0.1) is 0 Å². The first-order valence-electron chi connectivity index (χ1n) is 10.3. The van der Waals surface area contributed by atoms with Gasteiger partial charge in [-0.05, 0) is 25.2 Å².